The fourth-order valence-corrected chi connectivity index (χ4v) is 2.24. The average Bonchev–Trinajstić information content (AvgIpc) is 2.52. The van der Waals surface area contributed by atoms with E-state index in [9.17, 15) is 0 Å². The van der Waals surface area contributed by atoms with E-state index < -0.39 is 0 Å². The van der Waals surface area contributed by atoms with E-state index in [4.69, 9.17) is 0 Å². The molecule has 0 unspecified atom stereocenters. The van der Waals surface area contributed by atoms with Crippen LogP contribution in [-0.2, 0) is 6.54 Å². The topological polar surface area (TPSA) is 30.7 Å². The van der Waals surface area contributed by atoms with E-state index >= 15 is 0 Å². The number of hydrogen-bond donors (Lipinski definition) is 0. The van der Waals surface area contributed by atoms with Crippen LogP contribution in [0, 0.1) is 16.2 Å². The summed E-state index contributed by atoms with van der Waals surface area (Å²) >= 11 is 0. The molecule has 0 fully saturated rings. The fraction of sp³-hybridized carbons (Fsp3) is 0.846. The monoisotopic (exact) mass is 223 g/mol. The highest BCUT2D eigenvalue weighted by molar-refractivity contribution is 4.95. The van der Waals surface area contributed by atoms with Gasteiger partial charge in [-0.2, -0.15) is 5.10 Å². The molecule has 3 nitrogen and oxygen atoms in total. The molecule has 0 bridgehead atoms. The highest BCUT2D eigenvalue weighted by atomic mass is 15.3. The quantitative estimate of drug-likeness (QED) is 0.769. The number of aromatic nitrogens is 3. The Bertz CT molecular complexity index is 311. The first-order valence-corrected chi connectivity index (χ1v) is 5.90. The van der Waals surface area contributed by atoms with Crippen molar-refractivity contribution in [1.29, 1.82) is 0 Å². The minimum absolute atomic E-state index is 0.160. The molecule has 3 heteroatoms. The Morgan fingerprint density at radius 2 is 1.44 bits per heavy atom. The number of nitrogens with zero attached hydrogens (tertiary/aromatic N) is 3. The van der Waals surface area contributed by atoms with Crippen molar-refractivity contribution >= 4 is 0 Å². The van der Waals surface area contributed by atoms with E-state index in [1.54, 1.807) is 12.7 Å². The van der Waals surface area contributed by atoms with Gasteiger partial charge in [0, 0.05) is 6.54 Å². The van der Waals surface area contributed by atoms with Crippen molar-refractivity contribution in [2.24, 2.45) is 16.2 Å². The molecule has 0 aliphatic carbocycles. The fourth-order valence-electron chi connectivity index (χ4n) is 2.24. The second kappa shape index (κ2) is 3.86. The Hall–Kier alpha value is -0.860. The molecular weight excluding hydrogens is 198 g/mol. The Morgan fingerprint density at radius 1 is 0.938 bits per heavy atom. The van der Waals surface area contributed by atoms with Crippen molar-refractivity contribution in [3.63, 3.8) is 0 Å². The van der Waals surface area contributed by atoms with Gasteiger partial charge in [-0.05, 0) is 16.2 Å². The molecule has 0 radical (unpaired) electrons. The molecule has 0 amide bonds. The van der Waals surface area contributed by atoms with E-state index in [1.807, 2.05) is 4.68 Å². The molecule has 0 aliphatic rings. The number of hydrogen-bond acceptors (Lipinski definition) is 2. The maximum absolute atomic E-state index is 4.23. The predicted molar refractivity (Wildman–Crippen MR) is 67.0 cm³/mol. The summed E-state index contributed by atoms with van der Waals surface area (Å²) in [6.45, 7) is 17.0. The minimum Gasteiger partial charge on any atom is -0.252 e. The SMILES string of the molecule is CC(C)(C)C(C)(Cn1cncn1)C(C)(C)C. The maximum Gasteiger partial charge on any atom is 0.137 e. The molecule has 1 aromatic heterocycles. The van der Waals surface area contributed by atoms with Gasteiger partial charge in [-0.1, -0.05) is 48.5 Å². The summed E-state index contributed by atoms with van der Waals surface area (Å²) in [5.41, 5.74) is 0.599. The Labute approximate surface area is 99.3 Å². The first-order chi connectivity index (χ1) is 7.08. The second-order valence-corrected chi connectivity index (χ2v) is 6.93. The maximum atomic E-state index is 4.23. The van der Waals surface area contributed by atoms with Crippen molar-refractivity contribution in [2.75, 3.05) is 0 Å². The van der Waals surface area contributed by atoms with Gasteiger partial charge in [-0.25, -0.2) is 4.98 Å². The van der Waals surface area contributed by atoms with Crippen LogP contribution in [0.15, 0.2) is 12.7 Å². The molecule has 1 aromatic rings. The van der Waals surface area contributed by atoms with Gasteiger partial charge in [0.15, 0.2) is 0 Å². The molecule has 0 saturated carbocycles. The summed E-state index contributed by atoms with van der Waals surface area (Å²) in [6.07, 6.45) is 3.40. The Morgan fingerprint density at radius 3 is 1.75 bits per heavy atom. The largest absolute Gasteiger partial charge is 0.252 e. The third kappa shape index (κ3) is 2.28. The summed E-state index contributed by atoms with van der Waals surface area (Å²) < 4.78 is 1.94. The Kier molecular flexibility index (Phi) is 3.19. The van der Waals surface area contributed by atoms with Gasteiger partial charge in [0.1, 0.15) is 12.7 Å². The van der Waals surface area contributed by atoms with E-state index in [2.05, 4.69) is 58.5 Å². The normalized spacial score (nSPS) is 14.2. The van der Waals surface area contributed by atoms with Crippen LogP contribution in [0.1, 0.15) is 48.5 Å². The molecule has 1 heterocycles. The zero-order chi connectivity index (χ0) is 12.6. The average molecular weight is 223 g/mol. The third-order valence-electron chi connectivity index (χ3n) is 4.26. The van der Waals surface area contributed by atoms with Gasteiger partial charge < -0.3 is 0 Å². The molecule has 0 saturated heterocycles. The molecule has 0 spiro atoms. The van der Waals surface area contributed by atoms with Crippen LogP contribution >= 0.6 is 0 Å². The van der Waals surface area contributed by atoms with Crippen LogP contribution in [-0.4, -0.2) is 14.8 Å². The molecule has 16 heavy (non-hydrogen) atoms. The predicted octanol–water partition coefficient (Wildman–Crippen LogP) is 3.38. The van der Waals surface area contributed by atoms with Crippen molar-refractivity contribution in [3.8, 4) is 0 Å². The van der Waals surface area contributed by atoms with Crippen LogP contribution in [0.4, 0.5) is 0 Å². The third-order valence-corrected chi connectivity index (χ3v) is 4.26. The molecule has 92 valence electrons. The van der Waals surface area contributed by atoms with Gasteiger partial charge in [0.25, 0.3) is 0 Å². The molecule has 0 aliphatic heterocycles. The van der Waals surface area contributed by atoms with Crippen LogP contribution in [0.5, 0.6) is 0 Å². The summed E-state index contributed by atoms with van der Waals surface area (Å²) in [7, 11) is 0. The van der Waals surface area contributed by atoms with Crippen molar-refractivity contribution in [3.05, 3.63) is 12.7 Å². The number of rotatable bonds is 2. The molecule has 0 aromatic carbocycles. The lowest BCUT2D eigenvalue weighted by molar-refractivity contribution is -0.0327. The lowest BCUT2D eigenvalue weighted by Crippen LogP contribution is -2.47. The van der Waals surface area contributed by atoms with Gasteiger partial charge in [0.2, 0.25) is 0 Å². The van der Waals surface area contributed by atoms with Crippen LogP contribution in [0.3, 0.4) is 0 Å². The van der Waals surface area contributed by atoms with Gasteiger partial charge in [0.05, 0.1) is 0 Å². The van der Waals surface area contributed by atoms with Crippen molar-refractivity contribution in [1.82, 2.24) is 14.8 Å². The second-order valence-electron chi connectivity index (χ2n) is 6.93. The van der Waals surface area contributed by atoms with Gasteiger partial charge in [-0.15, -0.1) is 0 Å². The highest BCUT2D eigenvalue weighted by Gasteiger charge is 2.46. The standard InChI is InChI=1S/C13H25N3/c1-11(2,3)13(7,12(4,5)6)8-16-10-14-9-15-16/h9-10H,8H2,1-7H3. The van der Waals surface area contributed by atoms with Crippen molar-refractivity contribution in [2.45, 2.75) is 55.0 Å². The molecule has 0 atom stereocenters. The van der Waals surface area contributed by atoms with Gasteiger partial charge >= 0.3 is 0 Å². The minimum atomic E-state index is 0.160. The zero-order valence-electron chi connectivity index (χ0n) is 11.7. The molecule has 1 rings (SSSR count). The Balaban J connectivity index is 3.07. The van der Waals surface area contributed by atoms with Crippen LogP contribution in [0.25, 0.3) is 0 Å². The molecular formula is C13H25N3. The van der Waals surface area contributed by atoms with Crippen LogP contribution < -0.4 is 0 Å². The lowest BCUT2D eigenvalue weighted by atomic mass is 9.55. The van der Waals surface area contributed by atoms with Crippen LogP contribution in [0.2, 0.25) is 0 Å². The summed E-state index contributed by atoms with van der Waals surface area (Å²) in [5, 5.41) is 4.23. The van der Waals surface area contributed by atoms with E-state index in [-0.39, 0.29) is 16.2 Å². The van der Waals surface area contributed by atoms with E-state index in [0.29, 0.717) is 0 Å². The summed E-state index contributed by atoms with van der Waals surface area (Å²) in [5.74, 6) is 0. The summed E-state index contributed by atoms with van der Waals surface area (Å²) in [4.78, 5) is 4.02. The molecule has 0 N–H and O–H groups in total. The lowest BCUT2D eigenvalue weighted by Gasteiger charge is -2.51. The first-order valence-electron chi connectivity index (χ1n) is 5.90. The van der Waals surface area contributed by atoms with Gasteiger partial charge in [-0.3, -0.25) is 4.68 Å². The summed E-state index contributed by atoms with van der Waals surface area (Å²) in [6, 6.07) is 0. The van der Waals surface area contributed by atoms with E-state index in [0.717, 1.165) is 6.54 Å². The highest BCUT2D eigenvalue weighted by Crippen LogP contribution is 2.52. The smallest absolute Gasteiger partial charge is 0.137 e. The zero-order valence-corrected chi connectivity index (χ0v) is 11.7. The first kappa shape index (κ1) is 13.2. The van der Waals surface area contributed by atoms with E-state index in [1.165, 1.54) is 0 Å². The van der Waals surface area contributed by atoms with Crippen molar-refractivity contribution < 1.29 is 0 Å².